The van der Waals surface area contributed by atoms with Crippen molar-refractivity contribution in [3.05, 3.63) is 88.1 Å². The zero-order chi connectivity index (χ0) is 23.3. The number of piperazine rings is 1. The number of thiazole rings is 1. The second kappa shape index (κ2) is 10.5. The molecule has 9 heteroatoms. The fraction of sp³-hybridized carbons (Fsp3) is 0.280. The third-order valence-corrected chi connectivity index (χ3v) is 7.79. The molecule has 5 rings (SSSR count). The summed E-state index contributed by atoms with van der Waals surface area (Å²) in [5.41, 5.74) is 2.88. The van der Waals surface area contributed by atoms with Crippen molar-refractivity contribution < 1.29 is 4.79 Å². The lowest BCUT2D eigenvalue weighted by atomic mass is 10.2. The predicted octanol–water partition coefficient (Wildman–Crippen LogP) is 4.28. The monoisotopic (exact) mass is 490 g/mol. The molecule has 2 aromatic carbocycles. The number of carbonyl (C=O) groups is 1. The molecule has 0 radical (unpaired) electrons. The lowest BCUT2D eigenvalue weighted by Gasteiger charge is -2.34. The molecule has 0 atom stereocenters. The third-order valence-electron chi connectivity index (χ3n) is 5.81. The Morgan fingerprint density at radius 2 is 1.68 bits per heavy atom. The number of nitrogens with zero attached hydrogens (tertiary/aromatic N) is 6. The molecule has 1 saturated heterocycles. The fourth-order valence-corrected chi connectivity index (χ4v) is 5.81. The van der Waals surface area contributed by atoms with Gasteiger partial charge in [0.2, 0.25) is 0 Å². The summed E-state index contributed by atoms with van der Waals surface area (Å²) >= 11 is 3.11. The summed E-state index contributed by atoms with van der Waals surface area (Å²) in [6.45, 7) is 6.08. The molecule has 1 amide bonds. The molecular weight excluding hydrogens is 464 g/mol. The van der Waals surface area contributed by atoms with Crippen molar-refractivity contribution >= 4 is 29.0 Å². The zero-order valence-electron chi connectivity index (χ0n) is 19.0. The van der Waals surface area contributed by atoms with Crippen LogP contribution in [0.15, 0.2) is 71.2 Å². The van der Waals surface area contributed by atoms with Crippen molar-refractivity contribution in [1.29, 1.82) is 0 Å². The van der Waals surface area contributed by atoms with Gasteiger partial charge in [-0.3, -0.25) is 14.3 Å². The lowest BCUT2D eigenvalue weighted by Crippen LogP contribution is -2.48. The highest BCUT2D eigenvalue weighted by Gasteiger charge is 2.24. The SMILES string of the molecule is Cc1nnc(SCc2nc(C(=O)N3CCN(Cc4ccccc4)CC3)cs2)n1-c1ccccc1. The van der Waals surface area contributed by atoms with E-state index in [1.54, 1.807) is 11.8 Å². The van der Waals surface area contributed by atoms with Gasteiger partial charge in [-0.05, 0) is 24.6 Å². The van der Waals surface area contributed by atoms with Crippen LogP contribution in [0.25, 0.3) is 5.69 Å². The van der Waals surface area contributed by atoms with Gasteiger partial charge in [-0.15, -0.1) is 21.5 Å². The van der Waals surface area contributed by atoms with Crippen molar-refractivity contribution in [2.45, 2.75) is 24.4 Å². The van der Waals surface area contributed by atoms with E-state index in [9.17, 15) is 4.79 Å². The standard InChI is InChI=1S/C25H26N6OS2/c1-19-27-28-25(31(19)21-10-6-3-7-11-21)34-18-23-26-22(17-33-23)24(32)30-14-12-29(13-15-30)16-20-8-4-2-5-9-20/h2-11,17H,12-16,18H2,1H3. The smallest absolute Gasteiger partial charge is 0.273 e. The van der Waals surface area contributed by atoms with Crippen LogP contribution in [0.4, 0.5) is 0 Å². The van der Waals surface area contributed by atoms with E-state index < -0.39 is 0 Å². The van der Waals surface area contributed by atoms with Crippen molar-refractivity contribution in [2.75, 3.05) is 26.2 Å². The van der Waals surface area contributed by atoms with Crippen molar-refractivity contribution in [2.24, 2.45) is 0 Å². The number of aryl methyl sites for hydroxylation is 1. The number of aromatic nitrogens is 4. The molecule has 1 aliphatic rings. The number of benzene rings is 2. The van der Waals surface area contributed by atoms with Crippen LogP contribution in [0.2, 0.25) is 0 Å². The van der Waals surface area contributed by atoms with Crippen LogP contribution in [0, 0.1) is 6.92 Å². The van der Waals surface area contributed by atoms with Crippen molar-refractivity contribution in [3.63, 3.8) is 0 Å². The average molecular weight is 491 g/mol. The highest BCUT2D eigenvalue weighted by Crippen LogP contribution is 2.26. The number of hydrogen-bond donors (Lipinski definition) is 0. The molecule has 0 bridgehead atoms. The molecule has 0 unspecified atom stereocenters. The first-order valence-electron chi connectivity index (χ1n) is 11.3. The Kier molecular flexibility index (Phi) is 7.03. The number of amides is 1. The van der Waals surface area contributed by atoms with Gasteiger partial charge < -0.3 is 4.90 Å². The van der Waals surface area contributed by atoms with Crippen LogP contribution >= 0.6 is 23.1 Å². The van der Waals surface area contributed by atoms with Gasteiger partial charge in [0.15, 0.2) is 5.16 Å². The Hall–Kier alpha value is -3.01. The predicted molar refractivity (Wildman–Crippen MR) is 135 cm³/mol. The Balaban J connectivity index is 1.16. The molecule has 4 aromatic rings. The number of thioether (sulfide) groups is 1. The summed E-state index contributed by atoms with van der Waals surface area (Å²) in [6.07, 6.45) is 0. The number of para-hydroxylation sites is 1. The summed E-state index contributed by atoms with van der Waals surface area (Å²) in [7, 11) is 0. The van der Waals surface area contributed by atoms with E-state index in [1.807, 2.05) is 58.2 Å². The van der Waals surface area contributed by atoms with Crippen LogP contribution in [-0.2, 0) is 12.3 Å². The first-order chi connectivity index (χ1) is 16.7. The maximum atomic E-state index is 13.0. The first kappa shape index (κ1) is 22.8. The van der Waals surface area contributed by atoms with E-state index in [0.717, 1.165) is 54.4 Å². The maximum Gasteiger partial charge on any atom is 0.273 e. The van der Waals surface area contributed by atoms with Gasteiger partial charge in [0.1, 0.15) is 16.5 Å². The summed E-state index contributed by atoms with van der Waals surface area (Å²) in [5.74, 6) is 1.51. The van der Waals surface area contributed by atoms with E-state index in [-0.39, 0.29) is 5.91 Å². The number of carbonyl (C=O) groups excluding carboxylic acids is 1. The van der Waals surface area contributed by atoms with Gasteiger partial charge in [-0.2, -0.15) is 0 Å². The number of hydrogen-bond acceptors (Lipinski definition) is 7. The quantitative estimate of drug-likeness (QED) is 0.360. The van der Waals surface area contributed by atoms with Crippen LogP contribution in [0.3, 0.4) is 0 Å². The van der Waals surface area contributed by atoms with Crippen LogP contribution < -0.4 is 0 Å². The second-order valence-electron chi connectivity index (χ2n) is 8.17. The highest BCUT2D eigenvalue weighted by atomic mass is 32.2. The second-order valence-corrected chi connectivity index (χ2v) is 10.1. The summed E-state index contributed by atoms with van der Waals surface area (Å²) in [6, 6.07) is 20.6. The largest absolute Gasteiger partial charge is 0.335 e. The molecule has 3 heterocycles. The minimum atomic E-state index is 0.0233. The molecule has 0 saturated carbocycles. The highest BCUT2D eigenvalue weighted by molar-refractivity contribution is 7.98. The average Bonchev–Trinajstić information content (AvgIpc) is 3.50. The molecule has 0 aliphatic carbocycles. The van der Waals surface area contributed by atoms with Crippen LogP contribution in [0.1, 0.15) is 26.9 Å². The summed E-state index contributed by atoms with van der Waals surface area (Å²) < 4.78 is 2.04. The Bertz CT molecular complexity index is 1230. The molecular formula is C25H26N6OS2. The molecule has 7 nitrogen and oxygen atoms in total. The fourth-order valence-electron chi connectivity index (χ4n) is 4.03. The van der Waals surface area contributed by atoms with Gasteiger partial charge in [-0.25, -0.2) is 4.98 Å². The van der Waals surface area contributed by atoms with Crippen LogP contribution in [-0.4, -0.2) is 61.6 Å². The number of rotatable bonds is 7. The van der Waals surface area contributed by atoms with Gasteiger partial charge in [0.05, 0.1) is 5.75 Å². The van der Waals surface area contributed by atoms with Gasteiger partial charge in [0.25, 0.3) is 5.91 Å². The Morgan fingerprint density at radius 3 is 2.41 bits per heavy atom. The Morgan fingerprint density at radius 1 is 0.971 bits per heavy atom. The molecule has 0 N–H and O–H groups in total. The Labute approximate surface area is 207 Å². The van der Waals surface area contributed by atoms with Gasteiger partial charge in [-0.1, -0.05) is 60.3 Å². The van der Waals surface area contributed by atoms with Crippen molar-refractivity contribution in [3.8, 4) is 5.69 Å². The molecule has 174 valence electrons. The molecule has 1 aliphatic heterocycles. The first-order valence-corrected chi connectivity index (χ1v) is 13.1. The molecule has 2 aromatic heterocycles. The zero-order valence-corrected chi connectivity index (χ0v) is 20.6. The summed E-state index contributed by atoms with van der Waals surface area (Å²) in [4.78, 5) is 22.0. The van der Waals surface area contributed by atoms with E-state index in [1.165, 1.54) is 16.9 Å². The molecule has 0 spiro atoms. The van der Waals surface area contributed by atoms with E-state index >= 15 is 0 Å². The van der Waals surface area contributed by atoms with Gasteiger partial charge >= 0.3 is 0 Å². The van der Waals surface area contributed by atoms with E-state index in [0.29, 0.717) is 11.4 Å². The third kappa shape index (κ3) is 5.22. The van der Waals surface area contributed by atoms with Gasteiger partial charge in [0, 0.05) is 43.8 Å². The molecule has 1 fully saturated rings. The normalized spacial score (nSPS) is 14.4. The van der Waals surface area contributed by atoms with Crippen molar-refractivity contribution in [1.82, 2.24) is 29.5 Å². The van der Waals surface area contributed by atoms with E-state index in [4.69, 9.17) is 0 Å². The van der Waals surface area contributed by atoms with E-state index in [2.05, 4.69) is 44.3 Å². The lowest BCUT2D eigenvalue weighted by molar-refractivity contribution is 0.0623. The minimum absolute atomic E-state index is 0.0233. The topological polar surface area (TPSA) is 67.2 Å². The molecule has 34 heavy (non-hydrogen) atoms. The maximum absolute atomic E-state index is 13.0. The minimum Gasteiger partial charge on any atom is -0.335 e. The summed E-state index contributed by atoms with van der Waals surface area (Å²) in [5, 5.41) is 12.2. The van der Waals surface area contributed by atoms with Crippen LogP contribution in [0.5, 0.6) is 0 Å².